The highest BCUT2D eigenvalue weighted by Crippen LogP contribution is 2.14. The molecule has 1 aromatic rings. The standard InChI is InChI=1S/C15H21ClN2O3/c1-3-21-15(20)8-10-18(2)9-7-14(19)17-13-6-4-5-12(16)11-13/h4-6,11H,3,7-10H2,1-2H3,(H,17,19). The van der Waals surface area contributed by atoms with Crippen LogP contribution in [0.1, 0.15) is 19.8 Å². The Labute approximate surface area is 130 Å². The van der Waals surface area contributed by atoms with Gasteiger partial charge in [0.1, 0.15) is 0 Å². The Hall–Kier alpha value is -1.59. The lowest BCUT2D eigenvalue weighted by Gasteiger charge is -2.15. The number of nitrogens with one attached hydrogen (secondary N) is 1. The second-order valence-corrected chi connectivity index (χ2v) is 5.10. The molecule has 0 heterocycles. The van der Waals surface area contributed by atoms with E-state index >= 15 is 0 Å². The summed E-state index contributed by atoms with van der Waals surface area (Å²) < 4.78 is 4.85. The lowest BCUT2D eigenvalue weighted by Crippen LogP contribution is -2.26. The van der Waals surface area contributed by atoms with Gasteiger partial charge in [0.25, 0.3) is 0 Å². The Kier molecular flexibility index (Phi) is 7.79. The summed E-state index contributed by atoms with van der Waals surface area (Å²) in [6.45, 7) is 3.32. The van der Waals surface area contributed by atoms with Crippen LogP contribution in [-0.2, 0) is 14.3 Å². The summed E-state index contributed by atoms with van der Waals surface area (Å²) in [5.74, 6) is -0.298. The van der Waals surface area contributed by atoms with E-state index in [1.807, 2.05) is 11.9 Å². The van der Waals surface area contributed by atoms with Crippen LogP contribution in [0.2, 0.25) is 5.02 Å². The Morgan fingerprint density at radius 2 is 2.00 bits per heavy atom. The molecule has 0 bridgehead atoms. The highest BCUT2D eigenvalue weighted by Gasteiger charge is 2.08. The molecule has 0 aliphatic heterocycles. The third-order valence-corrected chi connectivity index (χ3v) is 3.07. The molecule has 6 heteroatoms. The number of hydrogen-bond donors (Lipinski definition) is 1. The molecule has 21 heavy (non-hydrogen) atoms. The zero-order valence-corrected chi connectivity index (χ0v) is 13.2. The SMILES string of the molecule is CCOC(=O)CCN(C)CCC(=O)Nc1cccc(Cl)c1. The molecule has 0 saturated heterocycles. The van der Waals surface area contributed by atoms with E-state index in [0.717, 1.165) is 0 Å². The molecule has 1 aromatic carbocycles. The number of rotatable bonds is 8. The average molecular weight is 313 g/mol. The fourth-order valence-corrected chi connectivity index (χ4v) is 1.90. The van der Waals surface area contributed by atoms with E-state index in [2.05, 4.69) is 5.32 Å². The molecule has 1 N–H and O–H groups in total. The van der Waals surface area contributed by atoms with Crippen LogP contribution in [-0.4, -0.2) is 43.5 Å². The topological polar surface area (TPSA) is 58.6 Å². The van der Waals surface area contributed by atoms with Crippen molar-refractivity contribution >= 4 is 29.2 Å². The monoisotopic (exact) mass is 312 g/mol. The van der Waals surface area contributed by atoms with Crippen molar-refractivity contribution in [3.8, 4) is 0 Å². The number of hydrogen-bond acceptors (Lipinski definition) is 4. The van der Waals surface area contributed by atoms with Crippen molar-refractivity contribution in [2.24, 2.45) is 0 Å². The van der Waals surface area contributed by atoms with Gasteiger partial charge in [-0.15, -0.1) is 0 Å². The summed E-state index contributed by atoms with van der Waals surface area (Å²) in [6, 6.07) is 7.02. The van der Waals surface area contributed by atoms with E-state index in [-0.39, 0.29) is 11.9 Å². The van der Waals surface area contributed by atoms with Crippen LogP contribution in [0, 0.1) is 0 Å². The lowest BCUT2D eigenvalue weighted by atomic mass is 10.3. The van der Waals surface area contributed by atoms with E-state index in [9.17, 15) is 9.59 Å². The first-order valence-corrected chi connectivity index (χ1v) is 7.28. The van der Waals surface area contributed by atoms with Crippen LogP contribution in [0.15, 0.2) is 24.3 Å². The molecule has 0 atom stereocenters. The maximum Gasteiger partial charge on any atom is 0.307 e. The van der Waals surface area contributed by atoms with Crippen LogP contribution in [0.4, 0.5) is 5.69 Å². The minimum atomic E-state index is -0.215. The number of benzene rings is 1. The molecule has 0 unspecified atom stereocenters. The third-order valence-electron chi connectivity index (χ3n) is 2.83. The van der Waals surface area contributed by atoms with E-state index < -0.39 is 0 Å². The maximum atomic E-state index is 11.8. The molecule has 0 fully saturated rings. The number of amides is 1. The Bertz CT molecular complexity index is 480. The van der Waals surface area contributed by atoms with Gasteiger partial charge < -0.3 is 15.0 Å². The van der Waals surface area contributed by atoms with Gasteiger partial charge in [0.2, 0.25) is 5.91 Å². The van der Waals surface area contributed by atoms with Gasteiger partial charge in [-0.3, -0.25) is 9.59 Å². The highest BCUT2D eigenvalue weighted by atomic mass is 35.5. The largest absolute Gasteiger partial charge is 0.466 e. The molecule has 0 aromatic heterocycles. The summed E-state index contributed by atoms with van der Waals surface area (Å²) in [5.41, 5.74) is 0.682. The summed E-state index contributed by atoms with van der Waals surface area (Å²) in [6.07, 6.45) is 0.687. The third kappa shape index (κ3) is 7.68. The molecule has 0 spiro atoms. The number of carbonyl (C=O) groups is 2. The summed E-state index contributed by atoms with van der Waals surface area (Å²) in [5, 5.41) is 3.36. The second-order valence-electron chi connectivity index (χ2n) is 4.67. The fourth-order valence-electron chi connectivity index (χ4n) is 1.71. The minimum absolute atomic E-state index is 0.0831. The Balaban J connectivity index is 2.24. The van der Waals surface area contributed by atoms with Crippen LogP contribution in [0.5, 0.6) is 0 Å². The van der Waals surface area contributed by atoms with Crippen molar-refractivity contribution in [1.82, 2.24) is 4.90 Å². The molecule has 0 aliphatic rings. The van der Waals surface area contributed by atoms with Crippen molar-refractivity contribution in [2.45, 2.75) is 19.8 Å². The predicted octanol–water partition coefficient (Wildman–Crippen LogP) is 2.55. The van der Waals surface area contributed by atoms with Crippen LogP contribution in [0.25, 0.3) is 0 Å². The van der Waals surface area contributed by atoms with Gasteiger partial charge in [-0.2, -0.15) is 0 Å². The van der Waals surface area contributed by atoms with Crippen molar-refractivity contribution in [1.29, 1.82) is 0 Å². The van der Waals surface area contributed by atoms with E-state index in [1.54, 1.807) is 31.2 Å². The number of nitrogens with zero attached hydrogens (tertiary/aromatic N) is 1. The van der Waals surface area contributed by atoms with E-state index in [4.69, 9.17) is 16.3 Å². The van der Waals surface area contributed by atoms with Gasteiger partial charge in [0.15, 0.2) is 0 Å². The Morgan fingerprint density at radius 1 is 1.29 bits per heavy atom. The first-order valence-electron chi connectivity index (χ1n) is 6.91. The molecule has 0 aliphatic carbocycles. The van der Waals surface area contributed by atoms with E-state index in [1.165, 1.54) is 0 Å². The number of halogens is 1. The fraction of sp³-hybridized carbons (Fsp3) is 0.467. The molecule has 5 nitrogen and oxygen atoms in total. The summed E-state index contributed by atoms with van der Waals surface area (Å²) in [7, 11) is 1.87. The van der Waals surface area contributed by atoms with Crippen LogP contribution in [0.3, 0.4) is 0 Å². The molecule has 116 valence electrons. The number of esters is 1. The minimum Gasteiger partial charge on any atom is -0.466 e. The normalized spacial score (nSPS) is 10.5. The molecular weight excluding hydrogens is 292 g/mol. The highest BCUT2D eigenvalue weighted by molar-refractivity contribution is 6.30. The quantitative estimate of drug-likeness (QED) is 0.750. The summed E-state index contributed by atoms with van der Waals surface area (Å²) >= 11 is 5.85. The first kappa shape index (κ1) is 17.5. The number of ether oxygens (including phenoxy) is 1. The van der Waals surface area contributed by atoms with Gasteiger partial charge in [-0.05, 0) is 32.2 Å². The lowest BCUT2D eigenvalue weighted by molar-refractivity contribution is -0.143. The average Bonchev–Trinajstić information content (AvgIpc) is 2.43. The zero-order chi connectivity index (χ0) is 15.7. The maximum absolute atomic E-state index is 11.8. The Morgan fingerprint density at radius 3 is 2.67 bits per heavy atom. The van der Waals surface area contributed by atoms with Gasteiger partial charge in [0, 0.05) is 30.2 Å². The van der Waals surface area contributed by atoms with Crippen molar-refractivity contribution in [3.05, 3.63) is 29.3 Å². The van der Waals surface area contributed by atoms with Crippen molar-refractivity contribution in [3.63, 3.8) is 0 Å². The zero-order valence-electron chi connectivity index (χ0n) is 12.4. The van der Waals surface area contributed by atoms with Gasteiger partial charge in [-0.1, -0.05) is 17.7 Å². The first-order chi connectivity index (χ1) is 10.0. The van der Waals surface area contributed by atoms with Crippen molar-refractivity contribution < 1.29 is 14.3 Å². The molecular formula is C15H21ClN2O3. The summed E-state index contributed by atoms with van der Waals surface area (Å²) in [4.78, 5) is 24.9. The van der Waals surface area contributed by atoms with Crippen molar-refractivity contribution in [2.75, 3.05) is 32.1 Å². The smallest absolute Gasteiger partial charge is 0.307 e. The number of carbonyl (C=O) groups excluding carboxylic acids is 2. The molecule has 0 saturated carbocycles. The molecule has 0 radical (unpaired) electrons. The predicted molar refractivity (Wildman–Crippen MR) is 83.4 cm³/mol. The van der Waals surface area contributed by atoms with Crippen LogP contribution >= 0.6 is 11.6 Å². The second kappa shape index (κ2) is 9.37. The van der Waals surface area contributed by atoms with Crippen LogP contribution < -0.4 is 5.32 Å². The molecule has 1 amide bonds. The number of anilines is 1. The van der Waals surface area contributed by atoms with Gasteiger partial charge in [0.05, 0.1) is 13.0 Å². The molecule has 1 rings (SSSR count). The van der Waals surface area contributed by atoms with Gasteiger partial charge >= 0.3 is 5.97 Å². The van der Waals surface area contributed by atoms with E-state index in [0.29, 0.717) is 43.2 Å². The van der Waals surface area contributed by atoms with Gasteiger partial charge in [-0.25, -0.2) is 0 Å².